The Hall–Kier alpha value is -2.34. The molecule has 0 saturated carbocycles. The van der Waals surface area contributed by atoms with Crippen LogP contribution in [0.5, 0.6) is 5.75 Å². The molecule has 0 saturated heterocycles. The molecule has 2 amide bonds. The van der Waals surface area contributed by atoms with Gasteiger partial charge in [0, 0.05) is 4.88 Å². The van der Waals surface area contributed by atoms with Gasteiger partial charge >= 0.3 is 0 Å². The molecule has 2 aromatic rings. The molecule has 1 aliphatic rings. The summed E-state index contributed by atoms with van der Waals surface area (Å²) in [6.45, 7) is 1.85. The van der Waals surface area contributed by atoms with E-state index in [9.17, 15) is 9.59 Å². The zero-order valence-electron chi connectivity index (χ0n) is 11.4. The number of anilines is 1. The van der Waals surface area contributed by atoms with Crippen molar-refractivity contribution in [3.63, 3.8) is 0 Å². The summed E-state index contributed by atoms with van der Waals surface area (Å²) in [5.74, 6) is -0.432. The third-order valence-electron chi connectivity index (χ3n) is 3.32. The van der Waals surface area contributed by atoms with Gasteiger partial charge in [-0.3, -0.25) is 9.59 Å². The van der Waals surface area contributed by atoms with E-state index in [0.717, 1.165) is 4.88 Å². The van der Waals surface area contributed by atoms with Gasteiger partial charge in [0.2, 0.25) is 0 Å². The van der Waals surface area contributed by atoms with E-state index >= 15 is 0 Å². The smallest absolute Gasteiger partial charge is 0.278 e. The average molecular weight is 302 g/mol. The van der Waals surface area contributed by atoms with Crippen molar-refractivity contribution in [2.75, 3.05) is 5.32 Å². The van der Waals surface area contributed by atoms with Crippen molar-refractivity contribution in [2.45, 2.75) is 19.1 Å². The number of benzene rings is 1. The molecule has 1 aromatic heterocycles. The van der Waals surface area contributed by atoms with E-state index in [1.807, 2.05) is 17.5 Å². The van der Waals surface area contributed by atoms with Crippen LogP contribution in [0.4, 0.5) is 5.69 Å². The molecule has 0 spiro atoms. The molecule has 1 aliphatic heterocycles. The summed E-state index contributed by atoms with van der Waals surface area (Å²) in [7, 11) is 0. The van der Waals surface area contributed by atoms with Gasteiger partial charge < -0.3 is 15.4 Å². The maximum absolute atomic E-state index is 12.3. The highest BCUT2D eigenvalue weighted by Crippen LogP contribution is 2.33. The number of carbonyl (C=O) groups is 2. The minimum atomic E-state index is -1.56. The second kappa shape index (κ2) is 5.21. The highest BCUT2D eigenvalue weighted by atomic mass is 32.1. The number of hydrogen-bond acceptors (Lipinski definition) is 4. The first kappa shape index (κ1) is 13.6. The van der Waals surface area contributed by atoms with E-state index in [1.54, 1.807) is 35.6 Å². The van der Waals surface area contributed by atoms with Gasteiger partial charge in [0.1, 0.15) is 5.75 Å². The number of carbonyl (C=O) groups excluding carboxylic acids is 2. The minimum Gasteiger partial charge on any atom is -0.466 e. The van der Waals surface area contributed by atoms with Crippen LogP contribution in [0, 0.1) is 0 Å². The molecular formula is C15H14N2O3S. The normalized spacial score (nSPS) is 20.1. The molecule has 2 N–H and O–H groups in total. The molecule has 0 unspecified atom stereocenters. The summed E-state index contributed by atoms with van der Waals surface area (Å²) in [6.07, 6.45) is 0. The first-order chi connectivity index (χ1) is 10.1. The van der Waals surface area contributed by atoms with E-state index in [4.69, 9.17) is 4.74 Å². The molecule has 0 fully saturated rings. The Morgan fingerprint density at radius 2 is 2.14 bits per heavy atom. The summed E-state index contributed by atoms with van der Waals surface area (Å²) >= 11 is 1.54. The van der Waals surface area contributed by atoms with Gasteiger partial charge in [-0.2, -0.15) is 0 Å². The number of thiophene rings is 1. The number of para-hydroxylation sites is 2. The van der Waals surface area contributed by atoms with Gasteiger partial charge in [0.25, 0.3) is 17.4 Å². The van der Waals surface area contributed by atoms with Gasteiger partial charge in [-0.15, -0.1) is 11.3 Å². The minimum absolute atomic E-state index is 0.379. The molecule has 1 atom stereocenters. The lowest BCUT2D eigenvalue weighted by molar-refractivity contribution is -0.146. The van der Waals surface area contributed by atoms with Crippen molar-refractivity contribution in [3.05, 3.63) is 46.7 Å². The van der Waals surface area contributed by atoms with Gasteiger partial charge in [-0.05, 0) is 30.5 Å². The summed E-state index contributed by atoms with van der Waals surface area (Å²) in [4.78, 5) is 25.5. The average Bonchev–Trinajstić information content (AvgIpc) is 2.99. The Morgan fingerprint density at radius 1 is 1.33 bits per heavy atom. The molecule has 1 aromatic carbocycles. The third-order valence-corrected chi connectivity index (χ3v) is 4.20. The molecule has 0 radical (unpaired) electrons. The first-order valence-corrected chi connectivity index (χ1v) is 7.38. The zero-order chi connectivity index (χ0) is 14.9. The Labute approximate surface area is 125 Å². The predicted octanol–water partition coefficient (Wildman–Crippen LogP) is 2.15. The van der Waals surface area contributed by atoms with E-state index in [0.29, 0.717) is 18.0 Å². The summed E-state index contributed by atoms with van der Waals surface area (Å²) in [5, 5.41) is 7.38. The second-order valence-corrected chi connectivity index (χ2v) is 5.88. The molecule has 6 heteroatoms. The number of amides is 2. The molecule has 108 valence electrons. The number of rotatable bonds is 3. The fraction of sp³-hybridized carbons (Fsp3) is 0.200. The lowest BCUT2D eigenvalue weighted by Gasteiger charge is -2.33. The summed E-state index contributed by atoms with van der Waals surface area (Å²) < 4.78 is 5.64. The molecule has 5 nitrogen and oxygen atoms in total. The SMILES string of the molecule is C[C@@]1(C(=O)NCc2cccs2)Oc2ccccc2NC1=O. The van der Waals surface area contributed by atoms with Gasteiger partial charge in [-0.1, -0.05) is 18.2 Å². The van der Waals surface area contributed by atoms with Crippen molar-refractivity contribution in [1.82, 2.24) is 5.32 Å². The van der Waals surface area contributed by atoms with Gasteiger partial charge in [-0.25, -0.2) is 0 Å². The first-order valence-electron chi connectivity index (χ1n) is 6.50. The van der Waals surface area contributed by atoms with Crippen molar-refractivity contribution < 1.29 is 14.3 Å². The van der Waals surface area contributed by atoms with Crippen LogP contribution in [0.25, 0.3) is 0 Å². The van der Waals surface area contributed by atoms with E-state index in [1.165, 1.54) is 6.92 Å². The zero-order valence-corrected chi connectivity index (χ0v) is 12.2. The van der Waals surface area contributed by atoms with Crippen LogP contribution in [0.1, 0.15) is 11.8 Å². The van der Waals surface area contributed by atoms with Crippen LogP contribution in [0.3, 0.4) is 0 Å². The Kier molecular flexibility index (Phi) is 3.39. The highest BCUT2D eigenvalue weighted by molar-refractivity contribution is 7.09. The molecule has 2 heterocycles. The standard InChI is InChI=1S/C15H14N2O3S/c1-15(13(18)16-9-10-5-4-8-21-10)14(19)17-11-6-2-3-7-12(11)20-15/h2-8H,9H2,1H3,(H,16,18)(H,17,19)/t15-/m0/s1. The highest BCUT2D eigenvalue weighted by Gasteiger charge is 2.47. The predicted molar refractivity (Wildman–Crippen MR) is 80.3 cm³/mol. The van der Waals surface area contributed by atoms with Crippen molar-refractivity contribution >= 4 is 28.8 Å². The van der Waals surface area contributed by atoms with E-state index in [-0.39, 0.29) is 0 Å². The van der Waals surface area contributed by atoms with Crippen molar-refractivity contribution in [2.24, 2.45) is 0 Å². The van der Waals surface area contributed by atoms with Crippen molar-refractivity contribution in [3.8, 4) is 5.75 Å². The maximum Gasteiger partial charge on any atom is 0.278 e. The van der Waals surface area contributed by atoms with Crippen LogP contribution < -0.4 is 15.4 Å². The molecule has 0 aliphatic carbocycles. The third kappa shape index (κ3) is 2.50. The molecule has 3 rings (SSSR count). The quantitative estimate of drug-likeness (QED) is 0.854. The number of ether oxygens (including phenoxy) is 1. The summed E-state index contributed by atoms with van der Waals surface area (Å²) in [6, 6.07) is 10.9. The Bertz CT molecular complexity index is 684. The molecular weight excluding hydrogens is 288 g/mol. The summed E-state index contributed by atoms with van der Waals surface area (Å²) in [5.41, 5.74) is -0.989. The largest absolute Gasteiger partial charge is 0.466 e. The number of hydrogen-bond donors (Lipinski definition) is 2. The van der Waals surface area contributed by atoms with Crippen LogP contribution in [-0.4, -0.2) is 17.4 Å². The lowest BCUT2D eigenvalue weighted by atomic mass is 10.0. The monoisotopic (exact) mass is 302 g/mol. The Balaban J connectivity index is 1.77. The van der Waals surface area contributed by atoms with E-state index < -0.39 is 17.4 Å². The lowest BCUT2D eigenvalue weighted by Crippen LogP contribution is -2.58. The van der Waals surface area contributed by atoms with E-state index in [2.05, 4.69) is 10.6 Å². The molecule has 21 heavy (non-hydrogen) atoms. The fourth-order valence-electron chi connectivity index (χ4n) is 2.07. The van der Waals surface area contributed by atoms with Crippen LogP contribution in [0.15, 0.2) is 41.8 Å². The maximum atomic E-state index is 12.3. The van der Waals surface area contributed by atoms with Gasteiger partial charge in [0.05, 0.1) is 12.2 Å². The van der Waals surface area contributed by atoms with Gasteiger partial charge in [0.15, 0.2) is 0 Å². The fourth-order valence-corrected chi connectivity index (χ4v) is 2.71. The number of fused-ring (bicyclic) bond motifs is 1. The second-order valence-electron chi connectivity index (χ2n) is 4.85. The van der Waals surface area contributed by atoms with Crippen LogP contribution in [0.2, 0.25) is 0 Å². The van der Waals surface area contributed by atoms with Crippen LogP contribution >= 0.6 is 11.3 Å². The van der Waals surface area contributed by atoms with Crippen LogP contribution in [-0.2, 0) is 16.1 Å². The van der Waals surface area contributed by atoms with Crippen molar-refractivity contribution in [1.29, 1.82) is 0 Å². The molecule has 0 bridgehead atoms. The Morgan fingerprint density at radius 3 is 2.90 bits per heavy atom. The number of nitrogens with one attached hydrogen (secondary N) is 2. The topological polar surface area (TPSA) is 67.4 Å².